The fraction of sp³-hybridized carbons (Fsp3) is 0.562. The number of benzene rings is 2. The molecule has 0 heterocycles. The van der Waals surface area contributed by atoms with E-state index in [1.54, 1.807) is 0 Å². The molecule has 0 saturated heterocycles. The Morgan fingerprint density at radius 3 is 2.06 bits per heavy atom. The van der Waals surface area contributed by atoms with Crippen molar-refractivity contribution in [1.82, 2.24) is 0 Å². The molecular formula is C32H44O. The molecule has 0 unspecified atom stereocenters. The summed E-state index contributed by atoms with van der Waals surface area (Å²) in [6.07, 6.45) is 16.5. The van der Waals surface area contributed by atoms with Crippen molar-refractivity contribution in [3.8, 4) is 17.6 Å². The fourth-order valence-electron chi connectivity index (χ4n) is 4.82. The largest absolute Gasteiger partial charge is 0.494 e. The minimum Gasteiger partial charge on any atom is -0.494 e. The molecule has 0 bridgehead atoms. The third-order valence-corrected chi connectivity index (χ3v) is 7.04. The lowest BCUT2D eigenvalue weighted by Gasteiger charge is -2.26. The van der Waals surface area contributed by atoms with E-state index in [0.29, 0.717) is 11.8 Å². The molecule has 1 heteroatoms. The standard InChI is InChI=1S/C32H44O/c1-3-5-7-9-11-27-14-20-30(21-15-27)31-22-16-28(17-23-31)12-13-29-18-24-32(25-19-29)33-26-10-8-6-4-2/h14-15,18-21,24-25,28,31H,3-11,16-17,22-23,26H2,1-2H3/t28-,31-. The summed E-state index contributed by atoms with van der Waals surface area (Å²) >= 11 is 0. The lowest BCUT2D eigenvalue weighted by molar-refractivity contribution is 0.305. The van der Waals surface area contributed by atoms with Gasteiger partial charge in [0.15, 0.2) is 0 Å². The van der Waals surface area contributed by atoms with Crippen LogP contribution in [0.1, 0.15) is 114 Å². The molecule has 0 aliphatic heterocycles. The first kappa shape index (κ1) is 25.4. The molecule has 3 rings (SSSR count). The van der Waals surface area contributed by atoms with Crippen molar-refractivity contribution < 1.29 is 4.74 Å². The van der Waals surface area contributed by atoms with Crippen molar-refractivity contribution in [1.29, 1.82) is 0 Å². The summed E-state index contributed by atoms with van der Waals surface area (Å²) in [5.41, 5.74) is 4.14. The second kappa shape index (κ2) is 14.8. The molecule has 0 N–H and O–H groups in total. The molecule has 1 fully saturated rings. The van der Waals surface area contributed by atoms with Gasteiger partial charge in [-0.05, 0) is 86.3 Å². The Morgan fingerprint density at radius 1 is 0.727 bits per heavy atom. The van der Waals surface area contributed by atoms with Gasteiger partial charge < -0.3 is 4.74 Å². The van der Waals surface area contributed by atoms with Crippen molar-refractivity contribution in [3.05, 3.63) is 65.2 Å². The minimum absolute atomic E-state index is 0.536. The topological polar surface area (TPSA) is 9.23 Å². The van der Waals surface area contributed by atoms with E-state index in [1.165, 1.54) is 88.2 Å². The first-order valence-electron chi connectivity index (χ1n) is 13.6. The number of unbranched alkanes of at least 4 members (excludes halogenated alkanes) is 6. The molecule has 1 aliphatic carbocycles. The number of hydrogen-bond acceptors (Lipinski definition) is 1. The predicted molar refractivity (Wildman–Crippen MR) is 142 cm³/mol. The summed E-state index contributed by atoms with van der Waals surface area (Å²) in [5, 5.41) is 0. The molecule has 0 atom stereocenters. The van der Waals surface area contributed by atoms with E-state index in [0.717, 1.165) is 24.3 Å². The van der Waals surface area contributed by atoms with Gasteiger partial charge in [-0.25, -0.2) is 0 Å². The summed E-state index contributed by atoms with van der Waals surface area (Å²) in [7, 11) is 0. The van der Waals surface area contributed by atoms with Gasteiger partial charge in [0.2, 0.25) is 0 Å². The molecule has 0 radical (unpaired) electrons. The molecule has 178 valence electrons. The van der Waals surface area contributed by atoms with Crippen LogP contribution >= 0.6 is 0 Å². The SMILES string of the molecule is CCCCCCOc1ccc(C#C[C@H]2CC[C@H](c3ccc(CCCCCC)cc3)CC2)cc1. The van der Waals surface area contributed by atoms with Crippen molar-refractivity contribution in [2.75, 3.05) is 6.61 Å². The third kappa shape index (κ3) is 9.29. The van der Waals surface area contributed by atoms with E-state index in [4.69, 9.17) is 4.74 Å². The molecular weight excluding hydrogens is 400 g/mol. The lowest BCUT2D eigenvalue weighted by Crippen LogP contribution is -2.12. The number of hydrogen-bond donors (Lipinski definition) is 0. The van der Waals surface area contributed by atoms with E-state index >= 15 is 0 Å². The molecule has 1 nitrogen and oxygen atoms in total. The average molecular weight is 445 g/mol. The maximum absolute atomic E-state index is 5.84. The Kier molecular flexibility index (Phi) is 11.4. The first-order valence-corrected chi connectivity index (χ1v) is 13.6. The van der Waals surface area contributed by atoms with Gasteiger partial charge in [-0.3, -0.25) is 0 Å². The Bertz CT molecular complexity index is 829. The normalized spacial score (nSPS) is 17.9. The van der Waals surface area contributed by atoms with E-state index in [1.807, 2.05) is 0 Å². The third-order valence-electron chi connectivity index (χ3n) is 7.04. The van der Waals surface area contributed by atoms with Crippen LogP contribution in [0.2, 0.25) is 0 Å². The molecule has 2 aromatic rings. The van der Waals surface area contributed by atoms with Gasteiger partial charge in [0.05, 0.1) is 6.61 Å². The maximum atomic E-state index is 5.84. The molecule has 33 heavy (non-hydrogen) atoms. The molecule has 2 aromatic carbocycles. The van der Waals surface area contributed by atoms with Crippen LogP contribution in [0, 0.1) is 17.8 Å². The summed E-state index contributed by atoms with van der Waals surface area (Å²) in [6.45, 7) is 5.33. The highest BCUT2D eigenvalue weighted by molar-refractivity contribution is 5.38. The summed E-state index contributed by atoms with van der Waals surface area (Å²) in [5.74, 6) is 9.17. The van der Waals surface area contributed by atoms with Gasteiger partial charge in [-0.2, -0.15) is 0 Å². The van der Waals surface area contributed by atoms with E-state index < -0.39 is 0 Å². The van der Waals surface area contributed by atoms with Gasteiger partial charge in [0, 0.05) is 11.5 Å². The molecule has 1 aliphatic rings. The van der Waals surface area contributed by atoms with Crippen LogP contribution in [0.5, 0.6) is 5.75 Å². The van der Waals surface area contributed by atoms with Crippen LogP contribution in [-0.2, 0) is 6.42 Å². The van der Waals surface area contributed by atoms with Crippen LogP contribution in [-0.4, -0.2) is 6.61 Å². The second-order valence-electron chi connectivity index (χ2n) is 9.80. The van der Waals surface area contributed by atoms with Gasteiger partial charge in [0.1, 0.15) is 5.75 Å². The van der Waals surface area contributed by atoms with E-state index in [-0.39, 0.29) is 0 Å². The van der Waals surface area contributed by atoms with E-state index in [2.05, 4.69) is 74.2 Å². The smallest absolute Gasteiger partial charge is 0.119 e. The Hall–Kier alpha value is -2.20. The van der Waals surface area contributed by atoms with Crippen molar-refractivity contribution in [2.24, 2.45) is 5.92 Å². The average Bonchev–Trinajstić information content (AvgIpc) is 2.87. The summed E-state index contributed by atoms with van der Waals surface area (Å²) < 4.78 is 5.84. The highest BCUT2D eigenvalue weighted by atomic mass is 16.5. The number of aryl methyl sites for hydroxylation is 1. The van der Waals surface area contributed by atoms with Gasteiger partial charge in [-0.15, -0.1) is 0 Å². The van der Waals surface area contributed by atoms with Crippen molar-refractivity contribution in [2.45, 2.75) is 103 Å². The maximum Gasteiger partial charge on any atom is 0.119 e. The molecule has 0 amide bonds. The second-order valence-corrected chi connectivity index (χ2v) is 9.80. The highest BCUT2D eigenvalue weighted by Gasteiger charge is 2.21. The number of ether oxygens (including phenoxy) is 1. The molecule has 0 aromatic heterocycles. The zero-order chi connectivity index (χ0) is 23.1. The Labute approximate surface area is 203 Å². The molecule has 0 spiro atoms. The zero-order valence-electron chi connectivity index (χ0n) is 21.1. The lowest BCUT2D eigenvalue weighted by atomic mass is 9.78. The predicted octanol–water partition coefficient (Wildman–Crippen LogP) is 9.09. The van der Waals surface area contributed by atoms with Crippen LogP contribution in [0.3, 0.4) is 0 Å². The Morgan fingerprint density at radius 2 is 1.39 bits per heavy atom. The van der Waals surface area contributed by atoms with Gasteiger partial charge >= 0.3 is 0 Å². The quantitative estimate of drug-likeness (QED) is 0.234. The Balaban J connectivity index is 1.39. The van der Waals surface area contributed by atoms with Crippen molar-refractivity contribution >= 4 is 0 Å². The van der Waals surface area contributed by atoms with Crippen LogP contribution in [0.4, 0.5) is 0 Å². The summed E-state index contributed by atoms with van der Waals surface area (Å²) in [6, 6.07) is 17.8. The van der Waals surface area contributed by atoms with Crippen LogP contribution in [0.15, 0.2) is 48.5 Å². The van der Waals surface area contributed by atoms with Crippen molar-refractivity contribution in [3.63, 3.8) is 0 Å². The van der Waals surface area contributed by atoms with E-state index in [9.17, 15) is 0 Å². The minimum atomic E-state index is 0.536. The first-order chi connectivity index (χ1) is 16.3. The zero-order valence-corrected chi connectivity index (χ0v) is 21.1. The number of rotatable bonds is 12. The van der Waals surface area contributed by atoms with Gasteiger partial charge in [0.25, 0.3) is 0 Å². The van der Waals surface area contributed by atoms with Crippen LogP contribution in [0.25, 0.3) is 0 Å². The van der Waals surface area contributed by atoms with Crippen LogP contribution < -0.4 is 4.74 Å². The monoisotopic (exact) mass is 444 g/mol. The van der Waals surface area contributed by atoms with Gasteiger partial charge in [-0.1, -0.05) is 88.5 Å². The fourth-order valence-corrected chi connectivity index (χ4v) is 4.82. The summed E-state index contributed by atoms with van der Waals surface area (Å²) in [4.78, 5) is 0. The highest BCUT2D eigenvalue weighted by Crippen LogP contribution is 2.35. The molecule has 1 saturated carbocycles.